The minimum atomic E-state index is -1.09. The predicted molar refractivity (Wildman–Crippen MR) is 76.2 cm³/mol. The van der Waals surface area contributed by atoms with Crippen LogP contribution in [-0.4, -0.2) is 26.0 Å². The number of nitrogen functional groups attached to an aromatic ring is 1. The molecule has 0 unspecified atom stereocenters. The van der Waals surface area contributed by atoms with Crippen molar-refractivity contribution in [2.24, 2.45) is 0 Å². The van der Waals surface area contributed by atoms with E-state index in [1.807, 2.05) is 6.92 Å². The fraction of sp³-hybridized carbons (Fsp3) is 0.0833. The quantitative estimate of drug-likeness (QED) is 0.494. The summed E-state index contributed by atoms with van der Waals surface area (Å²) in [7, 11) is 0. The van der Waals surface area contributed by atoms with Crippen LogP contribution in [0.25, 0.3) is 0 Å². The van der Waals surface area contributed by atoms with Gasteiger partial charge in [-0.15, -0.1) is 0 Å². The number of hydrogen-bond donors (Lipinski definition) is 2. The van der Waals surface area contributed by atoms with E-state index in [0.717, 1.165) is 17.8 Å². The van der Waals surface area contributed by atoms with Gasteiger partial charge < -0.3 is 10.8 Å². The van der Waals surface area contributed by atoms with Gasteiger partial charge in [-0.05, 0) is 25.1 Å². The molecule has 9 heteroatoms. The number of hydrogen-bond acceptors (Lipinski definition) is 6. The van der Waals surface area contributed by atoms with Crippen LogP contribution in [0, 0.1) is 17.0 Å². The van der Waals surface area contributed by atoms with E-state index in [9.17, 15) is 14.9 Å². The van der Waals surface area contributed by atoms with Crippen molar-refractivity contribution in [1.29, 1.82) is 0 Å². The maximum absolute atomic E-state index is 10.3. The highest BCUT2D eigenvalue weighted by atomic mass is 35.5. The van der Waals surface area contributed by atoms with Crippen LogP contribution >= 0.6 is 11.6 Å². The molecule has 0 aliphatic heterocycles. The van der Waals surface area contributed by atoms with E-state index in [4.69, 9.17) is 22.4 Å². The SMILES string of the molecule is Cc1cc(Cl)nc(N)n1.O=C(O)c1ccc([N+](=O)[O-])cc1. The number of aromatic nitrogens is 2. The Bertz CT molecular complexity index is 577. The molecule has 110 valence electrons. The molecule has 0 atom stereocenters. The van der Waals surface area contributed by atoms with Crippen LogP contribution in [0.15, 0.2) is 30.3 Å². The van der Waals surface area contributed by atoms with E-state index >= 15 is 0 Å². The lowest BCUT2D eigenvalue weighted by Crippen LogP contribution is -1.96. The monoisotopic (exact) mass is 310 g/mol. The molecule has 1 aromatic heterocycles. The van der Waals surface area contributed by atoms with E-state index in [1.54, 1.807) is 6.07 Å². The lowest BCUT2D eigenvalue weighted by atomic mass is 10.2. The number of anilines is 1. The number of aromatic carboxylic acids is 1. The Kier molecular flexibility index (Phi) is 5.56. The van der Waals surface area contributed by atoms with Crippen molar-refractivity contribution in [3.8, 4) is 0 Å². The summed E-state index contributed by atoms with van der Waals surface area (Å²) in [6.07, 6.45) is 0. The van der Waals surface area contributed by atoms with Gasteiger partial charge in [-0.3, -0.25) is 10.1 Å². The largest absolute Gasteiger partial charge is 0.478 e. The van der Waals surface area contributed by atoms with Crippen molar-refractivity contribution in [2.75, 3.05) is 5.73 Å². The number of halogens is 1. The topological polar surface area (TPSA) is 132 Å². The first kappa shape index (κ1) is 16.3. The number of carbonyl (C=O) groups is 1. The predicted octanol–water partition coefficient (Wildman–Crippen LogP) is 2.31. The minimum Gasteiger partial charge on any atom is -0.478 e. The van der Waals surface area contributed by atoms with Crippen LogP contribution in [0.3, 0.4) is 0 Å². The van der Waals surface area contributed by atoms with Crippen LogP contribution in [0.1, 0.15) is 16.1 Å². The maximum atomic E-state index is 10.3. The van der Waals surface area contributed by atoms with Crippen molar-refractivity contribution in [1.82, 2.24) is 9.97 Å². The standard InChI is InChI=1S/C7H5NO4.C5H6ClN3/c9-7(10)5-1-3-6(4-2-5)8(11)12;1-3-2-4(6)9-5(7)8-3/h1-4H,(H,9,10);2H,1H3,(H2,7,8,9). The molecule has 21 heavy (non-hydrogen) atoms. The highest BCUT2D eigenvalue weighted by Crippen LogP contribution is 2.11. The third-order valence-electron chi connectivity index (χ3n) is 2.17. The Morgan fingerprint density at radius 2 is 1.90 bits per heavy atom. The van der Waals surface area contributed by atoms with Crippen molar-refractivity contribution >= 4 is 29.2 Å². The van der Waals surface area contributed by atoms with Crippen LogP contribution in [0.5, 0.6) is 0 Å². The molecule has 0 spiro atoms. The summed E-state index contributed by atoms with van der Waals surface area (Å²) in [4.78, 5) is 27.4. The second-order valence-electron chi connectivity index (χ2n) is 3.80. The number of nitro groups is 1. The van der Waals surface area contributed by atoms with Gasteiger partial charge in [-0.1, -0.05) is 11.6 Å². The lowest BCUT2D eigenvalue weighted by Gasteiger charge is -1.93. The molecule has 1 aromatic carbocycles. The van der Waals surface area contributed by atoms with Crippen molar-refractivity contribution in [2.45, 2.75) is 6.92 Å². The van der Waals surface area contributed by atoms with Crippen LogP contribution in [-0.2, 0) is 0 Å². The number of non-ortho nitro benzene ring substituents is 1. The normalized spacial score (nSPS) is 9.43. The number of carboxylic acids is 1. The average molecular weight is 311 g/mol. The van der Waals surface area contributed by atoms with E-state index in [-0.39, 0.29) is 17.2 Å². The molecular weight excluding hydrogens is 300 g/mol. The molecule has 8 nitrogen and oxygen atoms in total. The Balaban J connectivity index is 0.000000219. The Morgan fingerprint density at radius 3 is 2.29 bits per heavy atom. The zero-order valence-corrected chi connectivity index (χ0v) is 11.6. The highest BCUT2D eigenvalue weighted by Gasteiger charge is 2.06. The first-order valence-corrected chi connectivity index (χ1v) is 5.92. The van der Waals surface area contributed by atoms with E-state index in [2.05, 4.69) is 9.97 Å². The molecule has 0 saturated carbocycles. The van der Waals surface area contributed by atoms with E-state index in [0.29, 0.717) is 5.15 Å². The van der Waals surface area contributed by atoms with Gasteiger partial charge in [0.25, 0.3) is 5.69 Å². The molecule has 2 rings (SSSR count). The molecule has 3 N–H and O–H groups in total. The fourth-order valence-corrected chi connectivity index (χ4v) is 1.52. The zero-order chi connectivity index (χ0) is 16.0. The van der Waals surface area contributed by atoms with E-state index in [1.165, 1.54) is 12.1 Å². The molecular formula is C12H11ClN4O4. The third kappa shape index (κ3) is 5.41. The molecule has 0 fully saturated rings. The van der Waals surface area contributed by atoms with Gasteiger partial charge in [0.05, 0.1) is 10.5 Å². The molecule has 2 aromatic rings. The summed E-state index contributed by atoms with van der Waals surface area (Å²) >= 11 is 5.52. The summed E-state index contributed by atoms with van der Waals surface area (Å²) in [6, 6.07) is 6.35. The smallest absolute Gasteiger partial charge is 0.335 e. The van der Waals surface area contributed by atoms with Gasteiger partial charge in [0.15, 0.2) is 0 Å². The number of nitro benzene ring substituents is 1. The number of benzene rings is 1. The van der Waals surface area contributed by atoms with Crippen LogP contribution in [0.2, 0.25) is 5.15 Å². The van der Waals surface area contributed by atoms with Crippen LogP contribution in [0.4, 0.5) is 11.6 Å². The number of nitrogens with zero attached hydrogens (tertiary/aromatic N) is 3. The first-order chi connectivity index (χ1) is 9.79. The molecule has 0 aliphatic carbocycles. The Morgan fingerprint density at radius 1 is 1.33 bits per heavy atom. The number of aryl methyl sites for hydroxylation is 1. The van der Waals surface area contributed by atoms with E-state index < -0.39 is 10.9 Å². The first-order valence-electron chi connectivity index (χ1n) is 5.54. The molecule has 0 aliphatic rings. The summed E-state index contributed by atoms with van der Waals surface area (Å²) in [5.74, 6) is -0.870. The van der Waals surface area contributed by atoms with Gasteiger partial charge >= 0.3 is 5.97 Å². The van der Waals surface area contributed by atoms with Gasteiger partial charge in [0.1, 0.15) is 5.15 Å². The number of rotatable bonds is 2. The van der Waals surface area contributed by atoms with Gasteiger partial charge in [-0.2, -0.15) is 0 Å². The van der Waals surface area contributed by atoms with Crippen LogP contribution < -0.4 is 5.73 Å². The maximum Gasteiger partial charge on any atom is 0.335 e. The number of nitrogens with two attached hydrogens (primary N) is 1. The zero-order valence-electron chi connectivity index (χ0n) is 10.9. The average Bonchev–Trinajstić information content (AvgIpc) is 2.37. The summed E-state index contributed by atoms with van der Waals surface area (Å²) in [6.45, 7) is 1.81. The highest BCUT2D eigenvalue weighted by molar-refractivity contribution is 6.29. The molecule has 1 heterocycles. The molecule has 0 amide bonds. The minimum absolute atomic E-state index is 0.0422. The molecule has 0 radical (unpaired) electrons. The number of carboxylic acid groups (broad SMARTS) is 1. The molecule has 0 bridgehead atoms. The molecule has 0 saturated heterocycles. The summed E-state index contributed by atoms with van der Waals surface area (Å²) in [5, 5.41) is 19.0. The fourth-order valence-electron chi connectivity index (χ4n) is 1.28. The summed E-state index contributed by atoms with van der Waals surface area (Å²) in [5.41, 5.74) is 5.97. The van der Waals surface area contributed by atoms with Gasteiger partial charge in [-0.25, -0.2) is 14.8 Å². The van der Waals surface area contributed by atoms with Gasteiger partial charge in [0, 0.05) is 17.8 Å². The van der Waals surface area contributed by atoms with Gasteiger partial charge in [0.2, 0.25) is 5.95 Å². The summed E-state index contributed by atoms with van der Waals surface area (Å²) < 4.78 is 0. The Labute approximate surface area is 124 Å². The Hall–Kier alpha value is -2.74. The van der Waals surface area contributed by atoms with Crippen molar-refractivity contribution in [3.63, 3.8) is 0 Å². The lowest BCUT2D eigenvalue weighted by molar-refractivity contribution is -0.384. The third-order valence-corrected chi connectivity index (χ3v) is 2.36. The van der Waals surface area contributed by atoms with Crippen molar-refractivity contribution in [3.05, 3.63) is 56.9 Å². The second kappa shape index (κ2) is 7.15. The van der Waals surface area contributed by atoms with Crippen molar-refractivity contribution < 1.29 is 14.8 Å². The second-order valence-corrected chi connectivity index (χ2v) is 4.19.